The van der Waals surface area contributed by atoms with Crippen molar-refractivity contribution in [1.29, 1.82) is 0 Å². The number of hydrogen-bond acceptors (Lipinski definition) is 3. The van der Waals surface area contributed by atoms with E-state index in [0.717, 1.165) is 40.1 Å². The Morgan fingerprint density at radius 1 is 0.641 bits per heavy atom. The molecule has 5 aromatic rings. The van der Waals surface area contributed by atoms with Gasteiger partial charge in [-0.2, -0.15) is 0 Å². The molecule has 3 aliphatic rings. The highest BCUT2D eigenvalue weighted by atomic mass is 32.2. The van der Waals surface area contributed by atoms with Crippen LogP contribution in [0.4, 0.5) is 5.69 Å². The Bertz CT molecular complexity index is 1920. The fraction of sp³-hybridized carbons (Fsp3) is 0.114. The average Bonchev–Trinajstić information content (AvgIpc) is 3.52. The second-order valence-electron chi connectivity index (χ2n) is 10.6. The van der Waals surface area contributed by atoms with E-state index in [4.69, 9.17) is 4.99 Å². The second-order valence-corrected chi connectivity index (χ2v) is 12.5. The van der Waals surface area contributed by atoms with E-state index in [1.165, 1.54) is 27.8 Å². The van der Waals surface area contributed by atoms with Crippen LogP contribution in [0.1, 0.15) is 53.0 Å². The second kappa shape index (κ2) is 8.11. The highest BCUT2D eigenvalue weighted by Crippen LogP contribution is 2.51. The number of nitrogens with zero attached hydrogens (tertiary/aromatic N) is 1. The number of rotatable bonds is 3. The van der Waals surface area contributed by atoms with Crippen LogP contribution in [0.2, 0.25) is 0 Å². The van der Waals surface area contributed by atoms with Crippen LogP contribution < -0.4 is 0 Å². The Labute approximate surface area is 228 Å². The molecule has 0 saturated carbocycles. The molecule has 8 rings (SSSR count). The van der Waals surface area contributed by atoms with Crippen LogP contribution in [0.15, 0.2) is 124 Å². The van der Waals surface area contributed by atoms with Gasteiger partial charge in [0.25, 0.3) is 0 Å². The number of fused-ring (bicyclic) bond motifs is 5. The maximum absolute atomic E-state index is 13.8. The van der Waals surface area contributed by atoms with Crippen LogP contribution >= 0.6 is 0 Å². The van der Waals surface area contributed by atoms with Crippen molar-refractivity contribution in [2.24, 2.45) is 4.99 Å². The maximum atomic E-state index is 13.8. The van der Waals surface area contributed by atoms with Crippen LogP contribution in [0.3, 0.4) is 0 Å². The quantitative estimate of drug-likeness (QED) is 0.234. The molecule has 0 aromatic heterocycles. The van der Waals surface area contributed by atoms with Crippen molar-refractivity contribution in [2.75, 3.05) is 0 Å². The van der Waals surface area contributed by atoms with Gasteiger partial charge in [-0.1, -0.05) is 97.9 Å². The van der Waals surface area contributed by atoms with Crippen LogP contribution in [-0.4, -0.2) is 14.1 Å². The normalized spacial score (nSPS) is 17.7. The Kier molecular flexibility index (Phi) is 4.72. The van der Waals surface area contributed by atoms with Gasteiger partial charge >= 0.3 is 0 Å². The molecule has 3 nitrogen and oxygen atoms in total. The third kappa shape index (κ3) is 3.09. The predicted molar refractivity (Wildman–Crippen MR) is 156 cm³/mol. The lowest BCUT2D eigenvalue weighted by atomic mass is 9.85. The molecule has 2 heterocycles. The summed E-state index contributed by atoms with van der Waals surface area (Å²) in [5.74, 6) is 0.105. The summed E-state index contributed by atoms with van der Waals surface area (Å²) in [6.45, 7) is 2.09. The minimum absolute atomic E-state index is 0.0846. The van der Waals surface area contributed by atoms with Gasteiger partial charge in [0.2, 0.25) is 9.84 Å². The van der Waals surface area contributed by atoms with E-state index in [-0.39, 0.29) is 11.8 Å². The third-order valence-electron chi connectivity index (χ3n) is 8.61. The van der Waals surface area contributed by atoms with Gasteiger partial charge in [0.1, 0.15) is 0 Å². The minimum atomic E-state index is -3.64. The van der Waals surface area contributed by atoms with E-state index >= 15 is 0 Å². The fourth-order valence-corrected chi connectivity index (χ4v) is 8.63. The van der Waals surface area contributed by atoms with Crippen LogP contribution in [0.25, 0.3) is 22.3 Å². The van der Waals surface area contributed by atoms with Crippen molar-refractivity contribution in [1.82, 2.24) is 0 Å². The molecule has 0 radical (unpaired) electrons. The number of hydrogen-bond donors (Lipinski definition) is 0. The smallest absolute Gasteiger partial charge is 0.207 e. The van der Waals surface area contributed by atoms with Crippen LogP contribution in [0, 0.1) is 0 Å². The average molecular weight is 524 g/mol. The first-order valence-corrected chi connectivity index (χ1v) is 14.9. The molecular weight excluding hydrogens is 498 g/mol. The van der Waals surface area contributed by atoms with E-state index in [2.05, 4.69) is 85.8 Å². The van der Waals surface area contributed by atoms with Gasteiger partial charge in [-0.05, 0) is 69.1 Å². The van der Waals surface area contributed by atoms with Crippen molar-refractivity contribution in [2.45, 2.75) is 35.0 Å². The summed E-state index contributed by atoms with van der Waals surface area (Å²) in [6, 6.07) is 37.3. The third-order valence-corrected chi connectivity index (χ3v) is 10.5. The monoisotopic (exact) mass is 523 g/mol. The van der Waals surface area contributed by atoms with Gasteiger partial charge in [0, 0.05) is 17.2 Å². The molecule has 0 bridgehead atoms. The Morgan fingerprint density at radius 3 is 2.00 bits per heavy atom. The molecule has 1 aliphatic carbocycles. The summed E-state index contributed by atoms with van der Waals surface area (Å²) in [6.07, 6.45) is 0.787. The summed E-state index contributed by atoms with van der Waals surface area (Å²) in [7, 11) is -3.64. The van der Waals surface area contributed by atoms with Gasteiger partial charge in [0.05, 0.1) is 21.4 Å². The lowest BCUT2D eigenvalue weighted by Crippen LogP contribution is -2.21. The Hall–Kier alpha value is -4.28. The van der Waals surface area contributed by atoms with Gasteiger partial charge in [-0.25, -0.2) is 8.42 Å². The van der Waals surface area contributed by atoms with E-state index in [1.807, 2.05) is 18.2 Å². The van der Waals surface area contributed by atoms with Crippen molar-refractivity contribution in [3.8, 4) is 22.3 Å². The molecular formula is C35H25NO2S. The minimum Gasteiger partial charge on any atom is -0.256 e. The molecule has 0 amide bonds. The van der Waals surface area contributed by atoms with Gasteiger partial charge in [0.15, 0.2) is 0 Å². The molecule has 0 fully saturated rings. The zero-order chi connectivity index (χ0) is 26.3. The lowest BCUT2D eigenvalue weighted by molar-refractivity contribution is 0.591. The first-order valence-electron chi connectivity index (χ1n) is 13.4. The van der Waals surface area contributed by atoms with E-state index in [0.29, 0.717) is 9.79 Å². The van der Waals surface area contributed by atoms with Crippen molar-refractivity contribution in [3.63, 3.8) is 0 Å². The molecule has 188 valence electrons. The first-order chi connectivity index (χ1) is 19.1. The molecule has 0 spiro atoms. The van der Waals surface area contributed by atoms with Gasteiger partial charge in [-0.3, -0.25) is 4.99 Å². The van der Waals surface area contributed by atoms with Crippen molar-refractivity contribution < 1.29 is 8.42 Å². The molecule has 2 aliphatic heterocycles. The SMILES string of the molecule is CCC1=Nc2cccc3c2C1c1ccc(-c2ccc(C4c5ccccc5-c5ccccc54)cc2)cc1S3(=O)=O. The number of sulfone groups is 1. The topological polar surface area (TPSA) is 46.5 Å². The molecule has 0 N–H and O–H groups in total. The largest absolute Gasteiger partial charge is 0.256 e. The lowest BCUT2D eigenvalue weighted by Gasteiger charge is -2.26. The summed E-state index contributed by atoms with van der Waals surface area (Å²) in [5.41, 5.74) is 11.9. The summed E-state index contributed by atoms with van der Waals surface area (Å²) in [5, 5.41) is 0. The van der Waals surface area contributed by atoms with Crippen LogP contribution in [-0.2, 0) is 9.84 Å². The first kappa shape index (κ1) is 22.7. The highest BCUT2D eigenvalue weighted by molar-refractivity contribution is 7.91. The number of benzene rings is 5. The molecule has 0 saturated heterocycles. The van der Waals surface area contributed by atoms with Crippen LogP contribution in [0.5, 0.6) is 0 Å². The van der Waals surface area contributed by atoms with E-state index in [1.54, 1.807) is 12.1 Å². The van der Waals surface area contributed by atoms with E-state index in [9.17, 15) is 8.42 Å². The Balaban J connectivity index is 1.21. The zero-order valence-electron chi connectivity index (χ0n) is 21.4. The Morgan fingerprint density at radius 2 is 1.31 bits per heavy atom. The van der Waals surface area contributed by atoms with Crippen molar-refractivity contribution >= 4 is 21.2 Å². The fourth-order valence-electron chi connectivity index (χ4n) is 6.84. The van der Waals surface area contributed by atoms with Gasteiger partial charge < -0.3 is 0 Å². The zero-order valence-corrected chi connectivity index (χ0v) is 22.2. The predicted octanol–water partition coefficient (Wildman–Crippen LogP) is 8.29. The summed E-state index contributed by atoms with van der Waals surface area (Å²) >= 11 is 0. The highest BCUT2D eigenvalue weighted by Gasteiger charge is 2.41. The molecule has 1 unspecified atom stereocenters. The molecule has 4 heteroatoms. The summed E-state index contributed by atoms with van der Waals surface area (Å²) in [4.78, 5) is 5.60. The molecule has 5 aromatic carbocycles. The van der Waals surface area contributed by atoms with Gasteiger partial charge in [-0.15, -0.1) is 0 Å². The standard InChI is InChI=1S/C35H25NO2S/c1-2-29-34-28-19-18-23(20-32(28)39(37,38)31-13-7-12-30(36-29)35(31)34)21-14-16-22(17-15-21)33-26-10-5-3-8-24(26)25-9-4-6-11-27(25)33/h3-20,33-34H,2H2,1H3. The van der Waals surface area contributed by atoms with Crippen molar-refractivity contribution in [3.05, 3.63) is 137 Å². The maximum Gasteiger partial charge on any atom is 0.207 e. The van der Waals surface area contributed by atoms with E-state index < -0.39 is 9.84 Å². The number of aliphatic imine (C=N–C) groups is 1. The molecule has 1 atom stereocenters. The summed E-state index contributed by atoms with van der Waals surface area (Å²) < 4.78 is 27.6. The molecule has 39 heavy (non-hydrogen) atoms.